The zero-order valence-corrected chi connectivity index (χ0v) is 15.1. The van der Waals surface area contributed by atoms with E-state index >= 15 is 0 Å². The third-order valence-electron chi connectivity index (χ3n) is 4.88. The average Bonchev–Trinajstić information content (AvgIpc) is 2.51. The van der Waals surface area contributed by atoms with E-state index in [9.17, 15) is 19.8 Å². The summed E-state index contributed by atoms with van der Waals surface area (Å²) in [7, 11) is 0. The van der Waals surface area contributed by atoms with Gasteiger partial charge in [0, 0.05) is 0 Å². The zero-order valence-electron chi connectivity index (χ0n) is 15.1. The molecule has 0 atom stereocenters. The van der Waals surface area contributed by atoms with Crippen molar-refractivity contribution in [2.24, 2.45) is 5.41 Å². The Morgan fingerprint density at radius 3 is 1.30 bits per heavy atom. The first-order valence-corrected chi connectivity index (χ1v) is 9.48. The van der Waals surface area contributed by atoms with Gasteiger partial charge in [0.25, 0.3) is 0 Å². The highest BCUT2D eigenvalue weighted by atomic mass is 16.4. The first-order chi connectivity index (χ1) is 11.0. The van der Waals surface area contributed by atoms with Gasteiger partial charge in [0.2, 0.25) is 0 Å². The van der Waals surface area contributed by atoms with Gasteiger partial charge in [-0.3, -0.25) is 9.59 Å². The smallest absolute Gasteiger partial charge is 0.321 e. The summed E-state index contributed by atoms with van der Waals surface area (Å²) in [6.07, 6.45) is 14.8. The van der Waals surface area contributed by atoms with Gasteiger partial charge in [-0.05, 0) is 12.8 Å². The predicted octanol–water partition coefficient (Wildman–Crippen LogP) is 5.64. The van der Waals surface area contributed by atoms with E-state index in [1.165, 1.54) is 57.8 Å². The molecular weight excluding hydrogens is 292 g/mol. The van der Waals surface area contributed by atoms with Crippen LogP contribution in [0.4, 0.5) is 0 Å². The van der Waals surface area contributed by atoms with Crippen molar-refractivity contribution < 1.29 is 19.8 Å². The van der Waals surface area contributed by atoms with Crippen LogP contribution in [0.3, 0.4) is 0 Å². The molecule has 0 bridgehead atoms. The average molecular weight is 328 g/mol. The molecule has 0 rings (SSSR count). The Kier molecular flexibility index (Phi) is 12.8. The fourth-order valence-electron chi connectivity index (χ4n) is 3.05. The van der Waals surface area contributed by atoms with Crippen LogP contribution < -0.4 is 0 Å². The first kappa shape index (κ1) is 21.9. The molecule has 0 aromatic carbocycles. The van der Waals surface area contributed by atoms with Crippen LogP contribution in [0.2, 0.25) is 0 Å². The number of aliphatic carboxylic acids is 2. The Balaban J connectivity index is 3.61. The summed E-state index contributed by atoms with van der Waals surface area (Å²) in [6.45, 7) is 3.88. The molecule has 136 valence electrons. The second-order valence-electron chi connectivity index (χ2n) is 6.69. The summed E-state index contributed by atoms with van der Waals surface area (Å²) < 4.78 is 0. The highest BCUT2D eigenvalue weighted by Gasteiger charge is 2.44. The maximum absolute atomic E-state index is 11.2. The number of carboxylic acid groups (broad SMARTS) is 2. The van der Waals surface area contributed by atoms with Crippen molar-refractivity contribution in [2.45, 2.75) is 104 Å². The predicted molar refractivity (Wildman–Crippen MR) is 93.7 cm³/mol. The highest BCUT2D eigenvalue weighted by molar-refractivity contribution is 5.98. The lowest BCUT2D eigenvalue weighted by molar-refractivity contribution is -0.165. The summed E-state index contributed by atoms with van der Waals surface area (Å²) in [5.74, 6) is -2.40. The van der Waals surface area contributed by atoms with E-state index in [0.29, 0.717) is 6.42 Å². The molecule has 0 spiro atoms. The summed E-state index contributed by atoms with van der Waals surface area (Å²) >= 11 is 0. The minimum absolute atomic E-state index is 0.149. The molecule has 0 aliphatic carbocycles. The lowest BCUT2D eigenvalue weighted by Gasteiger charge is -2.22. The van der Waals surface area contributed by atoms with Crippen LogP contribution in [-0.2, 0) is 9.59 Å². The molecule has 0 aliphatic heterocycles. The van der Waals surface area contributed by atoms with Crippen LogP contribution >= 0.6 is 0 Å². The molecule has 0 fully saturated rings. The van der Waals surface area contributed by atoms with Crippen LogP contribution in [0.5, 0.6) is 0 Å². The quantitative estimate of drug-likeness (QED) is 0.284. The Morgan fingerprint density at radius 1 is 0.652 bits per heavy atom. The lowest BCUT2D eigenvalue weighted by atomic mass is 9.80. The van der Waals surface area contributed by atoms with Crippen molar-refractivity contribution in [1.29, 1.82) is 0 Å². The topological polar surface area (TPSA) is 74.6 Å². The van der Waals surface area contributed by atoms with Gasteiger partial charge in [0.05, 0.1) is 0 Å². The number of carbonyl (C=O) groups is 2. The Hall–Kier alpha value is -1.06. The number of carboxylic acids is 2. The van der Waals surface area contributed by atoms with Crippen molar-refractivity contribution in [1.82, 2.24) is 0 Å². The number of unbranched alkanes of at least 4 members (excludes halogenated alkanes) is 11. The molecule has 0 heterocycles. The van der Waals surface area contributed by atoms with Crippen molar-refractivity contribution in [2.75, 3.05) is 0 Å². The molecule has 0 unspecified atom stereocenters. The van der Waals surface area contributed by atoms with E-state index in [4.69, 9.17) is 0 Å². The fraction of sp³-hybridized carbons (Fsp3) is 0.895. The SMILES string of the molecule is CCCCCCCCCCCCCCC(CC)(C(=O)O)C(=O)O. The second-order valence-corrected chi connectivity index (χ2v) is 6.69. The number of hydrogen-bond donors (Lipinski definition) is 2. The van der Waals surface area contributed by atoms with Gasteiger partial charge in [-0.15, -0.1) is 0 Å². The van der Waals surface area contributed by atoms with Gasteiger partial charge in [-0.25, -0.2) is 0 Å². The Labute approximate surface area is 141 Å². The molecule has 0 amide bonds. The van der Waals surface area contributed by atoms with Crippen LogP contribution in [0.1, 0.15) is 104 Å². The second kappa shape index (κ2) is 13.4. The molecule has 23 heavy (non-hydrogen) atoms. The molecule has 4 nitrogen and oxygen atoms in total. The fourth-order valence-corrected chi connectivity index (χ4v) is 3.05. The maximum atomic E-state index is 11.2. The first-order valence-electron chi connectivity index (χ1n) is 9.48. The van der Waals surface area contributed by atoms with Gasteiger partial charge in [-0.1, -0.05) is 90.9 Å². The molecule has 2 N–H and O–H groups in total. The van der Waals surface area contributed by atoms with E-state index in [1.807, 2.05) is 0 Å². The van der Waals surface area contributed by atoms with E-state index in [2.05, 4.69) is 6.92 Å². The molecule has 0 aromatic heterocycles. The van der Waals surface area contributed by atoms with Crippen LogP contribution in [0, 0.1) is 5.41 Å². The molecule has 0 aromatic rings. The summed E-state index contributed by atoms with van der Waals surface area (Å²) in [5, 5.41) is 18.4. The highest BCUT2D eigenvalue weighted by Crippen LogP contribution is 2.30. The third kappa shape index (κ3) is 8.97. The largest absolute Gasteiger partial charge is 0.480 e. The molecule has 0 radical (unpaired) electrons. The third-order valence-corrected chi connectivity index (χ3v) is 4.88. The summed E-state index contributed by atoms with van der Waals surface area (Å²) in [4.78, 5) is 22.5. The summed E-state index contributed by atoms with van der Waals surface area (Å²) in [6, 6.07) is 0. The van der Waals surface area contributed by atoms with Gasteiger partial charge >= 0.3 is 11.9 Å². The van der Waals surface area contributed by atoms with Gasteiger partial charge in [-0.2, -0.15) is 0 Å². The van der Waals surface area contributed by atoms with Crippen molar-refractivity contribution in [3.05, 3.63) is 0 Å². The Morgan fingerprint density at radius 2 is 1.00 bits per heavy atom. The van der Waals surface area contributed by atoms with Gasteiger partial charge in [0.1, 0.15) is 0 Å². The number of hydrogen-bond acceptors (Lipinski definition) is 2. The molecule has 0 saturated heterocycles. The van der Waals surface area contributed by atoms with Crippen molar-refractivity contribution in [3.8, 4) is 0 Å². The minimum atomic E-state index is -1.58. The number of rotatable bonds is 16. The van der Waals surface area contributed by atoms with Crippen LogP contribution in [0.25, 0.3) is 0 Å². The van der Waals surface area contributed by atoms with Gasteiger partial charge < -0.3 is 10.2 Å². The molecule has 0 aliphatic rings. The molecular formula is C19H36O4. The van der Waals surface area contributed by atoms with Crippen molar-refractivity contribution >= 4 is 11.9 Å². The maximum Gasteiger partial charge on any atom is 0.321 e. The van der Waals surface area contributed by atoms with Crippen LogP contribution in [-0.4, -0.2) is 22.2 Å². The minimum Gasteiger partial charge on any atom is -0.480 e. The van der Waals surface area contributed by atoms with Gasteiger partial charge in [0.15, 0.2) is 5.41 Å². The summed E-state index contributed by atoms with van der Waals surface area (Å²) in [5.41, 5.74) is -1.58. The van der Waals surface area contributed by atoms with E-state index in [0.717, 1.165) is 12.8 Å². The zero-order chi connectivity index (χ0) is 17.6. The standard InChI is InChI=1S/C19H36O4/c1-3-5-6-7-8-9-10-11-12-13-14-15-16-19(4-2,17(20)21)18(22)23/h3-16H2,1-2H3,(H,20,21)(H,22,23). The molecule has 4 heteroatoms. The normalized spacial score (nSPS) is 11.6. The van der Waals surface area contributed by atoms with E-state index in [-0.39, 0.29) is 12.8 Å². The van der Waals surface area contributed by atoms with E-state index in [1.54, 1.807) is 6.92 Å². The monoisotopic (exact) mass is 328 g/mol. The Bertz CT molecular complexity index is 311. The van der Waals surface area contributed by atoms with Crippen LogP contribution in [0.15, 0.2) is 0 Å². The van der Waals surface area contributed by atoms with E-state index < -0.39 is 17.4 Å². The van der Waals surface area contributed by atoms with Crippen molar-refractivity contribution in [3.63, 3.8) is 0 Å². The molecule has 0 saturated carbocycles. The lowest BCUT2D eigenvalue weighted by Crippen LogP contribution is -2.38.